The van der Waals surface area contributed by atoms with E-state index in [4.69, 9.17) is 5.11 Å². The van der Waals surface area contributed by atoms with Gasteiger partial charge in [0.1, 0.15) is 0 Å². The van der Waals surface area contributed by atoms with Crippen LogP contribution in [0.5, 0.6) is 0 Å². The van der Waals surface area contributed by atoms with E-state index >= 15 is 0 Å². The van der Waals surface area contributed by atoms with Crippen LogP contribution in [-0.4, -0.2) is 35.0 Å². The number of amides is 1. The summed E-state index contributed by atoms with van der Waals surface area (Å²) >= 11 is 0. The zero-order valence-electron chi connectivity index (χ0n) is 14.4. The first kappa shape index (κ1) is 18.9. The average molecular weight is 377 g/mol. The summed E-state index contributed by atoms with van der Waals surface area (Å²) in [5, 5.41) is 8.90. The Hall–Kier alpha value is -2.83. The molecule has 0 unspecified atom stereocenters. The Kier molecular flexibility index (Phi) is 5.21. The second kappa shape index (κ2) is 7.42. The van der Waals surface area contributed by atoms with E-state index in [1.807, 2.05) is 0 Å². The van der Waals surface area contributed by atoms with E-state index in [-0.39, 0.29) is 23.0 Å². The molecule has 3 rings (SSSR count). The molecule has 0 saturated carbocycles. The minimum atomic E-state index is -4.39. The van der Waals surface area contributed by atoms with E-state index in [1.54, 1.807) is 11.0 Å². The molecular formula is C20H18F3NO3. The van der Waals surface area contributed by atoms with E-state index in [2.05, 4.69) is 0 Å². The van der Waals surface area contributed by atoms with Gasteiger partial charge in [-0.3, -0.25) is 4.79 Å². The summed E-state index contributed by atoms with van der Waals surface area (Å²) in [6.07, 6.45) is -3.49. The summed E-state index contributed by atoms with van der Waals surface area (Å²) in [6.45, 7) is 0.715. The Bertz CT molecular complexity index is 838. The number of carboxylic acids is 1. The lowest BCUT2D eigenvalue weighted by atomic mass is 9.86. The van der Waals surface area contributed by atoms with Gasteiger partial charge in [0, 0.05) is 18.7 Å². The molecule has 4 nitrogen and oxygen atoms in total. The molecule has 142 valence electrons. The predicted octanol–water partition coefficient (Wildman–Crippen LogP) is 4.42. The molecule has 0 aliphatic carbocycles. The molecule has 0 aromatic heterocycles. The number of piperidine rings is 1. The molecular weight excluding hydrogens is 359 g/mol. The summed E-state index contributed by atoms with van der Waals surface area (Å²) in [4.78, 5) is 25.0. The van der Waals surface area contributed by atoms with Crippen molar-refractivity contribution < 1.29 is 27.9 Å². The van der Waals surface area contributed by atoms with Gasteiger partial charge in [0.05, 0.1) is 11.1 Å². The van der Waals surface area contributed by atoms with Crippen molar-refractivity contribution in [3.05, 3.63) is 70.8 Å². The van der Waals surface area contributed by atoms with E-state index in [0.717, 1.165) is 6.07 Å². The fourth-order valence-electron chi connectivity index (χ4n) is 3.44. The van der Waals surface area contributed by atoms with Crippen LogP contribution in [0.15, 0.2) is 48.5 Å². The maximum atomic E-state index is 13.2. The van der Waals surface area contributed by atoms with Crippen molar-refractivity contribution in [2.24, 2.45) is 0 Å². The largest absolute Gasteiger partial charge is 0.478 e. The van der Waals surface area contributed by atoms with Gasteiger partial charge in [0.2, 0.25) is 0 Å². The van der Waals surface area contributed by atoms with Crippen LogP contribution in [-0.2, 0) is 6.18 Å². The van der Waals surface area contributed by atoms with E-state index in [9.17, 15) is 22.8 Å². The normalized spacial score (nSPS) is 15.6. The molecule has 2 aromatic carbocycles. The van der Waals surface area contributed by atoms with Crippen LogP contribution >= 0.6 is 0 Å². The number of benzene rings is 2. The number of likely N-dealkylation sites (tertiary alicyclic amines) is 1. The van der Waals surface area contributed by atoms with Gasteiger partial charge in [0.15, 0.2) is 0 Å². The number of carbonyl (C=O) groups excluding carboxylic acids is 1. The van der Waals surface area contributed by atoms with Gasteiger partial charge >= 0.3 is 12.1 Å². The number of nitrogens with zero attached hydrogens (tertiary/aromatic N) is 1. The predicted molar refractivity (Wildman–Crippen MR) is 92.7 cm³/mol. The summed E-state index contributed by atoms with van der Waals surface area (Å²) < 4.78 is 39.6. The average Bonchev–Trinajstić information content (AvgIpc) is 2.67. The van der Waals surface area contributed by atoms with E-state index in [0.29, 0.717) is 31.5 Å². The molecule has 7 heteroatoms. The number of alkyl halides is 3. The summed E-state index contributed by atoms with van der Waals surface area (Å²) in [5.41, 5.74) is 0.130. The zero-order valence-corrected chi connectivity index (χ0v) is 14.4. The van der Waals surface area contributed by atoms with Crippen LogP contribution in [0.3, 0.4) is 0 Å². The molecule has 1 saturated heterocycles. The van der Waals surface area contributed by atoms with Crippen LogP contribution in [0.1, 0.15) is 50.6 Å². The molecule has 0 atom stereocenters. The molecule has 2 aromatic rings. The third kappa shape index (κ3) is 4.13. The quantitative estimate of drug-likeness (QED) is 0.861. The lowest BCUT2D eigenvalue weighted by Gasteiger charge is -2.33. The standard InChI is InChI=1S/C20H18F3NO3/c21-20(22,23)17-4-2-1-3-16(17)13-9-11-24(12-10-13)18(25)14-5-7-15(8-6-14)19(26)27/h1-8,13H,9-12H2,(H,26,27). The molecule has 1 fully saturated rings. The SMILES string of the molecule is O=C(O)c1ccc(C(=O)N2CCC(c3ccccc3C(F)(F)F)CC2)cc1. The highest BCUT2D eigenvalue weighted by Gasteiger charge is 2.36. The van der Waals surface area contributed by atoms with Crippen molar-refractivity contribution in [2.45, 2.75) is 24.9 Å². The Morgan fingerprint density at radius 3 is 2.04 bits per heavy atom. The van der Waals surface area contributed by atoms with Crippen molar-refractivity contribution in [2.75, 3.05) is 13.1 Å². The maximum absolute atomic E-state index is 13.2. The summed E-state index contributed by atoms with van der Waals surface area (Å²) in [5.74, 6) is -1.56. The minimum absolute atomic E-state index is 0.0917. The highest BCUT2D eigenvalue weighted by Crippen LogP contribution is 2.38. The first-order chi connectivity index (χ1) is 12.8. The molecule has 1 amide bonds. The Morgan fingerprint density at radius 2 is 1.48 bits per heavy atom. The first-order valence-electron chi connectivity index (χ1n) is 8.56. The van der Waals surface area contributed by atoms with Gasteiger partial charge in [-0.1, -0.05) is 18.2 Å². The monoisotopic (exact) mass is 377 g/mol. The van der Waals surface area contributed by atoms with Crippen molar-refractivity contribution in [3.63, 3.8) is 0 Å². The van der Waals surface area contributed by atoms with Gasteiger partial charge in [-0.25, -0.2) is 4.79 Å². The Morgan fingerprint density at radius 1 is 0.926 bits per heavy atom. The summed E-state index contributed by atoms with van der Waals surface area (Å²) in [7, 11) is 0. The van der Waals surface area contributed by atoms with Crippen molar-refractivity contribution in [3.8, 4) is 0 Å². The van der Waals surface area contributed by atoms with Crippen LogP contribution in [0.25, 0.3) is 0 Å². The smallest absolute Gasteiger partial charge is 0.416 e. The van der Waals surface area contributed by atoms with Gasteiger partial charge in [-0.15, -0.1) is 0 Å². The zero-order chi connectivity index (χ0) is 19.6. The molecule has 0 spiro atoms. The molecule has 1 aliphatic heterocycles. The van der Waals surface area contributed by atoms with Gasteiger partial charge in [-0.2, -0.15) is 13.2 Å². The lowest BCUT2D eigenvalue weighted by molar-refractivity contribution is -0.138. The Labute approximate surface area is 154 Å². The van der Waals surface area contributed by atoms with E-state index < -0.39 is 17.7 Å². The minimum Gasteiger partial charge on any atom is -0.478 e. The van der Waals surface area contributed by atoms with Gasteiger partial charge in [0.25, 0.3) is 5.91 Å². The first-order valence-corrected chi connectivity index (χ1v) is 8.56. The molecule has 1 aliphatic rings. The van der Waals surface area contributed by atoms with E-state index in [1.165, 1.54) is 36.4 Å². The van der Waals surface area contributed by atoms with Crippen molar-refractivity contribution >= 4 is 11.9 Å². The summed E-state index contributed by atoms with van der Waals surface area (Å²) in [6, 6.07) is 11.2. The number of hydrogen-bond donors (Lipinski definition) is 1. The Balaban J connectivity index is 1.69. The number of halogens is 3. The van der Waals surface area contributed by atoms with Gasteiger partial charge < -0.3 is 10.0 Å². The second-order valence-electron chi connectivity index (χ2n) is 6.53. The fourth-order valence-corrected chi connectivity index (χ4v) is 3.44. The maximum Gasteiger partial charge on any atom is 0.416 e. The topological polar surface area (TPSA) is 57.6 Å². The van der Waals surface area contributed by atoms with Crippen LogP contribution < -0.4 is 0 Å². The molecule has 1 heterocycles. The molecule has 0 radical (unpaired) electrons. The van der Waals surface area contributed by atoms with Crippen LogP contribution in [0, 0.1) is 0 Å². The lowest BCUT2D eigenvalue weighted by Crippen LogP contribution is -2.38. The van der Waals surface area contributed by atoms with Crippen LogP contribution in [0.2, 0.25) is 0 Å². The van der Waals surface area contributed by atoms with Crippen LogP contribution in [0.4, 0.5) is 13.2 Å². The number of hydrogen-bond acceptors (Lipinski definition) is 2. The highest BCUT2D eigenvalue weighted by molar-refractivity contribution is 5.96. The molecule has 27 heavy (non-hydrogen) atoms. The molecule has 1 N–H and O–H groups in total. The number of carbonyl (C=O) groups is 2. The number of rotatable bonds is 3. The third-order valence-electron chi connectivity index (χ3n) is 4.87. The number of aromatic carboxylic acids is 1. The second-order valence-corrected chi connectivity index (χ2v) is 6.53. The highest BCUT2D eigenvalue weighted by atomic mass is 19.4. The number of carboxylic acid groups (broad SMARTS) is 1. The molecule has 0 bridgehead atoms. The fraction of sp³-hybridized carbons (Fsp3) is 0.300. The van der Waals surface area contributed by atoms with Crippen molar-refractivity contribution in [1.29, 1.82) is 0 Å². The third-order valence-corrected chi connectivity index (χ3v) is 4.87. The van der Waals surface area contributed by atoms with Gasteiger partial charge in [-0.05, 0) is 54.7 Å². The van der Waals surface area contributed by atoms with Crippen molar-refractivity contribution in [1.82, 2.24) is 4.90 Å².